The Morgan fingerprint density at radius 3 is 2.70 bits per heavy atom. The van der Waals surface area contributed by atoms with E-state index in [9.17, 15) is 22.8 Å². The van der Waals surface area contributed by atoms with E-state index in [1.165, 1.54) is 30.5 Å². The summed E-state index contributed by atoms with van der Waals surface area (Å²) < 4.78 is 55.8. The lowest BCUT2D eigenvalue weighted by atomic mass is 9.90. The highest BCUT2D eigenvalue weighted by Gasteiger charge is 2.40. The van der Waals surface area contributed by atoms with Gasteiger partial charge in [-0.15, -0.1) is 0 Å². The van der Waals surface area contributed by atoms with Gasteiger partial charge in [0, 0.05) is 41.9 Å². The van der Waals surface area contributed by atoms with Gasteiger partial charge >= 0.3 is 6.61 Å². The summed E-state index contributed by atoms with van der Waals surface area (Å²) in [6.45, 7) is -2.12. The van der Waals surface area contributed by atoms with E-state index < -0.39 is 29.8 Å². The lowest BCUT2D eigenvalue weighted by molar-refractivity contribution is -0.122. The molecule has 3 aromatic rings. The van der Waals surface area contributed by atoms with Crippen LogP contribution in [0, 0.1) is 5.82 Å². The maximum absolute atomic E-state index is 14.9. The van der Waals surface area contributed by atoms with Crippen LogP contribution in [0.15, 0.2) is 54.7 Å². The van der Waals surface area contributed by atoms with Crippen molar-refractivity contribution in [2.75, 3.05) is 23.8 Å². The van der Waals surface area contributed by atoms with Gasteiger partial charge in [0.25, 0.3) is 5.91 Å². The molecule has 0 atom stereocenters. The Morgan fingerprint density at radius 2 is 1.92 bits per heavy atom. The minimum absolute atomic E-state index is 0.0347. The number of amides is 2. The molecule has 0 radical (unpaired) electrons. The van der Waals surface area contributed by atoms with Crippen molar-refractivity contribution in [2.45, 2.75) is 31.5 Å². The van der Waals surface area contributed by atoms with Crippen molar-refractivity contribution >= 4 is 23.2 Å². The van der Waals surface area contributed by atoms with E-state index in [0.717, 1.165) is 6.07 Å². The second kappa shape index (κ2) is 10.1. The van der Waals surface area contributed by atoms with E-state index in [1.54, 1.807) is 18.2 Å². The summed E-state index contributed by atoms with van der Waals surface area (Å²) in [6, 6.07) is 11.4. The predicted octanol–water partition coefficient (Wildman–Crippen LogP) is 5.01. The molecule has 0 aliphatic carbocycles. The van der Waals surface area contributed by atoms with Crippen LogP contribution in [0.5, 0.6) is 11.6 Å². The number of benzene rings is 2. The third kappa shape index (κ3) is 5.51. The van der Waals surface area contributed by atoms with Crippen LogP contribution < -0.4 is 20.1 Å². The van der Waals surface area contributed by atoms with Gasteiger partial charge in [0.15, 0.2) is 0 Å². The number of anilines is 2. The van der Waals surface area contributed by atoms with Gasteiger partial charge < -0.3 is 24.8 Å². The number of carbonyl (C=O) groups excluding carboxylic acids is 2. The molecular weight excluding hydrogens is 491 g/mol. The van der Waals surface area contributed by atoms with E-state index >= 15 is 0 Å². The number of aromatic nitrogens is 1. The first-order chi connectivity index (χ1) is 17.8. The Labute approximate surface area is 209 Å². The molecule has 0 unspecified atom stereocenters. The second-order valence-electron chi connectivity index (χ2n) is 8.74. The average molecular weight is 513 g/mol. The number of fused-ring (bicyclic) bond motifs is 1. The fraction of sp³-hybridized carbons (Fsp3) is 0.269. The zero-order valence-electron chi connectivity index (χ0n) is 19.4. The SMILES string of the molecule is O=C1CC2(CCOCC2)Oc2cc(-c3cc(NC(=O)c4ccnc(OC(F)F)c4)ccc3F)ccc2N1. The maximum atomic E-state index is 14.9. The number of nitrogens with zero attached hydrogens (tertiary/aromatic N) is 1. The molecule has 0 saturated carbocycles. The van der Waals surface area contributed by atoms with Crippen LogP contribution in [0.4, 0.5) is 24.5 Å². The Morgan fingerprint density at radius 1 is 1.11 bits per heavy atom. The Hall–Kier alpha value is -4.12. The molecule has 2 N–H and O–H groups in total. The standard InChI is InChI=1S/C26H22F3N3O5/c27-19-3-2-17(31-24(34)16-5-8-30-23(12-16)36-25(28)29)13-18(19)15-1-4-20-21(11-15)37-26(14-22(33)32-20)6-9-35-10-7-26/h1-5,8,11-13,25H,6-7,9-10,14H2,(H,31,34)(H,32,33). The Kier molecular flexibility index (Phi) is 6.70. The third-order valence-corrected chi connectivity index (χ3v) is 6.21. The molecule has 2 amide bonds. The minimum Gasteiger partial charge on any atom is -0.484 e. The smallest absolute Gasteiger partial charge is 0.388 e. The molecule has 0 bridgehead atoms. The molecule has 1 saturated heterocycles. The fourth-order valence-electron chi connectivity index (χ4n) is 4.39. The van der Waals surface area contributed by atoms with Gasteiger partial charge in [0.1, 0.15) is 17.2 Å². The van der Waals surface area contributed by atoms with Crippen molar-refractivity contribution < 1.29 is 37.0 Å². The highest BCUT2D eigenvalue weighted by atomic mass is 19.3. The predicted molar refractivity (Wildman–Crippen MR) is 127 cm³/mol. The number of nitrogens with one attached hydrogen (secondary N) is 2. The van der Waals surface area contributed by atoms with Gasteiger partial charge in [-0.25, -0.2) is 9.37 Å². The fourth-order valence-corrected chi connectivity index (χ4v) is 4.39. The summed E-state index contributed by atoms with van der Waals surface area (Å²) in [7, 11) is 0. The summed E-state index contributed by atoms with van der Waals surface area (Å²) in [6.07, 6.45) is 2.47. The van der Waals surface area contributed by atoms with Crippen molar-refractivity contribution in [1.29, 1.82) is 0 Å². The molecule has 1 aromatic heterocycles. The molecular formula is C26H22F3N3O5. The van der Waals surface area contributed by atoms with Crippen molar-refractivity contribution in [3.05, 3.63) is 66.1 Å². The molecule has 3 heterocycles. The van der Waals surface area contributed by atoms with Crippen LogP contribution in [0.3, 0.4) is 0 Å². The van der Waals surface area contributed by atoms with Gasteiger partial charge in [-0.3, -0.25) is 9.59 Å². The number of rotatable bonds is 5. The summed E-state index contributed by atoms with van der Waals surface area (Å²) >= 11 is 0. The molecule has 2 aliphatic heterocycles. The number of hydrogen-bond donors (Lipinski definition) is 2. The molecule has 192 valence electrons. The highest BCUT2D eigenvalue weighted by Crippen LogP contribution is 2.40. The van der Waals surface area contributed by atoms with E-state index in [4.69, 9.17) is 9.47 Å². The quantitative estimate of drug-likeness (QED) is 0.498. The molecule has 2 aliphatic rings. The molecule has 1 spiro atoms. The third-order valence-electron chi connectivity index (χ3n) is 6.21. The first-order valence-electron chi connectivity index (χ1n) is 11.5. The van der Waals surface area contributed by atoms with Crippen LogP contribution in [0.2, 0.25) is 0 Å². The zero-order valence-corrected chi connectivity index (χ0v) is 19.4. The van der Waals surface area contributed by atoms with E-state index in [2.05, 4.69) is 20.4 Å². The number of ether oxygens (including phenoxy) is 3. The summed E-state index contributed by atoms with van der Waals surface area (Å²) in [5.74, 6) is -1.30. The van der Waals surface area contributed by atoms with Crippen molar-refractivity contribution in [3.63, 3.8) is 0 Å². The van der Waals surface area contributed by atoms with E-state index in [0.29, 0.717) is 43.1 Å². The number of carbonyl (C=O) groups is 2. The largest absolute Gasteiger partial charge is 0.484 e. The van der Waals surface area contributed by atoms with Crippen LogP contribution in [-0.2, 0) is 9.53 Å². The number of hydrogen-bond acceptors (Lipinski definition) is 6. The van der Waals surface area contributed by atoms with Crippen molar-refractivity contribution in [1.82, 2.24) is 4.98 Å². The number of alkyl halides is 2. The van der Waals surface area contributed by atoms with Gasteiger partial charge in [-0.1, -0.05) is 6.07 Å². The van der Waals surface area contributed by atoms with Crippen molar-refractivity contribution in [2.24, 2.45) is 0 Å². The number of pyridine rings is 1. The van der Waals surface area contributed by atoms with Crippen molar-refractivity contribution in [3.8, 4) is 22.8 Å². The normalized spacial score (nSPS) is 16.4. The zero-order chi connectivity index (χ0) is 26.0. The maximum Gasteiger partial charge on any atom is 0.388 e. The van der Waals surface area contributed by atoms with E-state index in [1.807, 2.05) is 0 Å². The Balaban J connectivity index is 1.41. The van der Waals surface area contributed by atoms with Crippen LogP contribution in [0.1, 0.15) is 29.6 Å². The molecule has 11 heteroatoms. The first-order valence-corrected chi connectivity index (χ1v) is 11.5. The van der Waals surface area contributed by atoms with Crippen LogP contribution in [0.25, 0.3) is 11.1 Å². The molecule has 5 rings (SSSR count). The molecule has 2 aromatic carbocycles. The second-order valence-corrected chi connectivity index (χ2v) is 8.74. The summed E-state index contributed by atoms with van der Waals surface area (Å²) in [5.41, 5.74) is 0.769. The molecule has 1 fully saturated rings. The number of halogens is 3. The van der Waals surface area contributed by atoms with Crippen LogP contribution >= 0.6 is 0 Å². The lowest BCUT2D eigenvalue weighted by Crippen LogP contribution is -2.43. The van der Waals surface area contributed by atoms with E-state index in [-0.39, 0.29) is 29.1 Å². The topological polar surface area (TPSA) is 98.8 Å². The lowest BCUT2D eigenvalue weighted by Gasteiger charge is -2.35. The van der Waals surface area contributed by atoms with Gasteiger partial charge in [-0.2, -0.15) is 8.78 Å². The van der Waals surface area contributed by atoms with Gasteiger partial charge in [0.2, 0.25) is 11.8 Å². The minimum atomic E-state index is -3.08. The van der Waals surface area contributed by atoms with Crippen LogP contribution in [-0.4, -0.2) is 42.2 Å². The molecule has 37 heavy (non-hydrogen) atoms. The van der Waals surface area contributed by atoms with Gasteiger partial charge in [0.05, 0.1) is 25.3 Å². The summed E-state index contributed by atoms with van der Waals surface area (Å²) in [5, 5.41) is 5.46. The average Bonchev–Trinajstić information content (AvgIpc) is 2.99. The molecule has 8 nitrogen and oxygen atoms in total. The summed E-state index contributed by atoms with van der Waals surface area (Å²) in [4.78, 5) is 28.8. The highest BCUT2D eigenvalue weighted by molar-refractivity contribution is 6.04. The van der Waals surface area contributed by atoms with Gasteiger partial charge in [-0.05, 0) is 42.0 Å². The monoisotopic (exact) mass is 513 g/mol. The first kappa shape index (κ1) is 24.6. The Bertz CT molecular complexity index is 1340.